The van der Waals surface area contributed by atoms with Gasteiger partial charge in [0.25, 0.3) is 0 Å². The van der Waals surface area contributed by atoms with Crippen LogP contribution < -0.4 is 0 Å². The van der Waals surface area contributed by atoms with Crippen molar-refractivity contribution in [1.29, 1.82) is 0 Å². The summed E-state index contributed by atoms with van der Waals surface area (Å²) in [4.78, 5) is 9.93. The molecule has 5 heteroatoms. The second-order valence-electron chi connectivity index (χ2n) is 22.7. The van der Waals surface area contributed by atoms with Crippen LogP contribution in [-0.4, -0.2) is 14.5 Å². The van der Waals surface area contributed by atoms with Crippen LogP contribution in [0.1, 0.15) is 122 Å². The second kappa shape index (κ2) is 18.4. The summed E-state index contributed by atoms with van der Waals surface area (Å²) < 4.78 is 9.59. The summed E-state index contributed by atoms with van der Waals surface area (Å²) in [5, 5.41) is 7.55. The maximum absolute atomic E-state index is 7.18. The average Bonchev–Trinajstić information content (AvgIpc) is 3.93. The molecule has 1 aliphatic rings. The molecule has 0 bridgehead atoms. The fourth-order valence-electron chi connectivity index (χ4n) is 11.7. The molecule has 3 heterocycles. The van der Waals surface area contributed by atoms with E-state index in [4.69, 9.17) is 9.40 Å². The van der Waals surface area contributed by atoms with Gasteiger partial charge >= 0.3 is 0 Å². The Morgan fingerprint density at radius 2 is 1.33 bits per heavy atom. The van der Waals surface area contributed by atoms with E-state index < -0.39 is 0 Å². The minimum absolute atomic E-state index is 0. The number of nitrogens with zero attached hydrogens (tertiary/aromatic N) is 3. The molecule has 0 atom stereocenters. The van der Waals surface area contributed by atoms with Crippen LogP contribution >= 0.6 is 0 Å². The molecule has 4 nitrogen and oxygen atoms in total. The van der Waals surface area contributed by atoms with Gasteiger partial charge in [-0.25, -0.2) is 0 Å². The predicted molar refractivity (Wildman–Crippen MR) is 299 cm³/mol. The molecular weight excluding hydrogens is 1050 g/mol. The summed E-state index contributed by atoms with van der Waals surface area (Å²) in [5.74, 6) is 1.39. The first-order valence-electron chi connectivity index (χ1n) is 25.4. The zero-order valence-electron chi connectivity index (χ0n) is 43.5. The molecule has 363 valence electrons. The van der Waals surface area contributed by atoms with Gasteiger partial charge in [-0.05, 0) is 137 Å². The van der Waals surface area contributed by atoms with E-state index in [0.717, 1.165) is 56.7 Å². The van der Waals surface area contributed by atoms with Gasteiger partial charge < -0.3 is 14.0 Å². The predicted octanol–water partition coefficient (Wildman–Crippen LogP) is 18.4. The minimum atomic E-state index is -0.0841. The molecule has 0 amide bonds. The molecule has 1 radical (unpaired) electrons. The summed E-state index contributed by atoms with van der Waals surface area (Å²) in [6.07, 6.45) is 3.00. The average molecular weight is 1120 g/mol. The third kappa shape index (κ3) is 8.39. The maximum Gasteiger partial charge on any atom is 0.121 e. The van der Waals surface area contributed by atoms with Crippen molar-refractivity contribution in [3.8, 4) is 39.5 Å². The smallest absolute Gasteiger partial charge is 0.121 e. The molecule has 0 N–H and O–H groups in total. The van der Waals surface area contributed by atoms with Gasteiger partial charge in [-0.2, -0.15) is 0 Å². The number of pyridine rings is 1. The van der Waals surface area contributed by atoms with Crippen LogP contribution in [0.2, 0.25) is 0 Å². The van der Waals surface area contributed by atoms with E-state index in [1.807, 2.05) is 30.5 Å². The van der Waals surface area contributed by atoms with Gasteiger partial charge in [-0.15, -0.1) is 54.1 Å². The van der Waals surface area contributed by atoms with Gasteiger partial charge in [0, 0.05) is 37.4 Å². The van der Waals surface area contributed by atoms with Crippen LogP contribution in [0.3, 0.4) is 0 Å². The van der Waals surface area contributed by atoms with Gasteiger partial charge in [-0.1, -0.05) is 166 Å². The Morgan fingerprint density at radius 1 is 0.639 bits per heavy atom. The molecule has 0 spiro atoms. The molecular formula is C67H63IrN3O-2. The zero-order chi connectivity index (χ0) is 49.6. The molecule has 1 aliphatic carbocycles. The monoisotopic (exact) mass is 1120 g/mol. The molecule has 11 aromatic rings. The fraction of sp³-hybridized carbons (Fsp3) is 0.254. The number of rotatable bonds is 6. The number of furan rings is 1. The van der Waals surface area contributed by atoms with Crippen LogP contribution in [0.5, 0.6) is 0 Å². The van der Waals surface area contributed by atoms with Gasteiger partial charge in [0.1, 0.15) is 5.58 Å². The van der Waals surface area contributed by atoms with Crippen molar-refractivity contribution in [2.75, 3.05) is 0 Å². The number of imidazole rings is 1. The Kier molecular flexibility index (Phi) is 12.5. The van der Waals surface area contributed by atoms with Crippen molar-refractivity contribution in [3.63, 3.8) is 0 Å². The summed E-state index contributed by atoms with van der Waals surface area (Å²) in [6, 6.07) is 61.0. The number of aromatic nitrogens is 3. The first-order valence-corrected chi connectivity index (χ1v) is 25.4. The van der Waals surface area contributed by atoms with E-state index in [2.05, 4.69) is 225 Å². The molecule has 0 aliphatic heterocycles. The van der Waals surface area contributed by atoms with Crippen molar-refractivity contribution < 1.29 is 24.5 Å². The van der Waals surface area contributed by atoms with Gasteiger partial charge in [0.05, 0.1) is 22.4 Å². The number of fused-ring (bicyclic) bond motifs is 7. The van der Waals surface area contributed by atoms with Crippen LogP contribution in [-0.2, 0) is 36.4 Å². The first kappa shape index (κ1) is 49.0. The third-order valence-electron chi connectivity index (χ3n) is 15.0. The van der Waals surface area contributed by atoms with E-state index in [0.29, 0.717) is 0 Å². The third-order valence-corrected chi connectivity index (χ3v) is 15.0. The largest absolute Gasteiger partial charge is 0.501 e. The Balaban J connectivity index is 0.000000300. The van der Waals surface area contributed by atoms with Gasteiger partial charge in [-0.3, -0.25) is 4.98 Å². The zero-order valence-corrected chi connectivity index (χ0v) is 45.9. The first-order chi connectivity index (χ1) is 34.0. The minimum Gasteiger partial charge on any atom is -0.501 e. The van der Waals surface area contributed by atoms with E-state index in [1.54, 1.807) is 0 Å². The van der Waals surface area contributed by atoms with Crippen LogP contribution in [0.4, 0.5) is 0 Å². The van der Waals surface area contributed by atoms with E-state index in [-0.39, 0.29) is 48.2 Å². The Hall–Kier alpha value is -6.65. The van der Waals surface area contributed by atoms with Crippen LogP contribution in [0.25, 0.3) is 94.0 Å². The molecule has 0 fully saturated rings. The van der Waals surface area contributed by atoms with Crippen molar-refractivity contribution in [2.24, 2.45) is 0 Å². The van der Waals surface area contributed by atoms with Crippen LogP contribution in [0.15, 0.2) is 162 Å². The van der Waals surface area contributed by atoms with E-state index >= 15 is 0 Å². The van der Waals surface area contributed by atoms with Gasteiger partial charge in [0.2, 0.25) is 0 Å². The molecule has 72 heavy (non-hydrogen) atoms. The number of hydrogen-bond acceptors (Lipinski definition) is 3. The number of para-hydroxylation sites is 2. The van der Waals surface area contributed by atoms with Crippen molar-refractivity contribution in [1.82, 2.24) is 14.5 Å². The second-order valence-corrected chi connectivity index (χ2v) is 22.7. The molecule has 0 saturated heterocycles. The van der Waals surface area contributed by atoms with Crippen molar-refractivity contribution >= 4 is 54.5 Å². The van der Waals surface area contributed by atoms with E-state index in [9.17, 15) is 0 Å². The number of benzene rings is 8. The standard InChI is InChI=1S/C52H47N2O.C15H16N.Ir/c1-30(2)38-25-34(32-17-10-9-11-18-32)26-39(31(3)4)48(38)54-43-24-15-14-23-42(43)53-50(54)37-22-16-21-36-46-44(55-49(36)37)28-40-35-20-13-12-19-33(35)27-41-45(40)47(46)52(7,8)29-51(41,5)6;1-15(2,3)13-9-10-14(16-11-13)12-7-5-4-6-8-12;/h9-21,23-28,30-31H,29H2,1-8H3;4-7,9-11H,1-3H3;/q2*-1;. The van der Waals surface area contributed by atoms with Crippen molar-refractivity contribution in [2.45, 2.75) is 111 Å². The summed E-state index contributed by atoms with van der Waals surface area (Å²) >= 11 is 0. The van der Waals surface area contributed by atoms with Crippen LogP contribution in [0, 0.1) is 12.1 Å². The number of hydrogen-bond donors (Lipinski definition) is 0. The molecule has 0 saturated carbocycles. The van der Waals surface area contributed by atoms with Gasteiger partial charge in [0.15, 0.2) is 0 Å². The Bertz CT molecular complexity index is 3780. The molecule has 8 aromatic carbocycles. The van der Waals surface area contributed by atoms with Crippen molar-refractivity contribution in [3.05, 3.63) is 198 Å². The summed E-state index contributed by atoms with van der Waals surface area (Å²) in [7, 11) is 0. The molecule has 3 aromatic heterocycles. The fourth-order valence-corrected chi connectivity index (χ4v) is 11.7. The quantitative estimate of drug-likeness (QED) is 0.123. The normalized spacial score (nSPS) is 14.1. The topological polar surface area (TPSA) is 43.9 Å². The molecule has 0 unspecified atom stereocenters. The maximum atomic E-state index is 7.18. The molecule has 12 rings (SSSR count). The SMILES string of the molecule is CC(C)(C)c1ccc(-c2[c-]cccc2)nc1.CC(C)c1cc(-c2ccccc2)cc(C(C)C)c1-n1c(-c2[c-]ccc3c2oc2cc4c5c(cc6ccccc64)C(C)(C)CC(C)(C)c5c23)nc2ccccc21.[Ir]. The Morgan fingerprint density at radius 3 is 2.01 bits per heavy atom. The summed E-state index contributed by atoms with van der Waals surface area (Å²) in [5.41, 5.74) is 17.2. The van der Waals surface area contributed by atoms with E-state index in [1.165, 1.54) is 71.6 Å². The summed E-state index contributed by atoms with van der Waals surface area (Å²) in [6.45, 7) is 25.5. The Labute approximate surface area is 438 Å².